The number of aryl methyl sites for hydroxylation is 1. The number of rotatable bonds is 5. The Morgan fingerprint density at radius 1 is 1.03 bits per heavy atom. The van der Waals surface area contributed by atoms with Crippen molar-refractivity contribution in [1.29, 1.82) is 0 Å². The molecule has 6 heteroatoms. The first kappa shape index (κ1) is 20.8. The smallest absolute Gasteiger partial charge is 0.272 e. The number of anilines is 1. The molecule has 1 saturated carbocycles. The van der Waals surface area contributed by atoms with Crippen molar-refractivity contribution in [2.75, 3.05) is 12.4 Å². The molecule has 154 valence electrons. The fourth-order valence-corrected chi connectivity index (χ4v) is 4.23. The van der Waals surface area contributed by atoms with E-state index in [1.165, 1.54) is 26.2 Å². The van der Waals surface area contributed by atoms with Gasteiger partial charge >= 0.3 is 0 Å². The van der Waals surface area contributed by atoms with Crippen LogP contribution in [0.4, 0.5) is 5.69 Å². The Morgan fingerprint density at radius 3 is 2.21 bits per heavy atom. The minimum absolute atomic E-state index is 0.0108. The van der Waals surface area contributed by atoms with Gasteiger partial charge in [-0.3, -0.25) is 14.4 Å². The molecule has 6 nitrogen and oxygen atoms in total. The summed E-state index contributed by atoms with van der Waals surface area (Å²) in [5, 5.41) is 2.83. The van der Waals surface area contributed by atoms with Crippen LogP contribution in [-0.4, -0.2) is 40.6 Å². The maximum atomic E-state index is 12.7. The summed E-state index contributed by atoms with van der Waals surface area (Å²) in [4.78, 5) is 42.0. The Kier molecular flexibility index (Phi) is 6.20. The Labute approximate surface area is 171 Å². The third-order valence-corrected chi connectivity index (χ3v) is 5.85. The van der Waals surface area contributed by atoms with Crippen molar-refractivity contribution in [2.24, 2.45) is 0 Å². The van der Waals surface area contributed by atoms with Crippen LogP contribution < -0.4 is 5.32 Å². The molecule has 1 heterocycles. The first-order chi connectivity index (χ1) is 13.8. The van der Waals surface area contributed by atoms with Gasteiger partial charge in [-0.05, 0) is 63.4 Å². The Bertz CT molecular complexity index is 922. The lowest BCUT2D eigenvalue weighted by Crippen LogP contribution is -2.38. The predicted octanol–water partition coefficient (Wildman–Crippen LogP) is 4.49. The number of hydrogen-bond acceptors (Lipinski definition) is 3. The number of carbonyl (C=O) groups excluding carboxylic acids is 3. The lowest BCUT2D eigenvalue weighted by molar-refractivity contribution is 0.0696. The van der Waals surface area contributed by atoms with Crippen molar-refractivity contribution in [3.8, 4) is 0 Å². The van der Waals surface area contributed by atoms with Crippen molar-refractivity contribution < 1.29 is 14.4 Å². The maximum Gasteiger partial charge on any atom is 0.272 e. The van der Waals surface area contributed by atoms with Crippen LogP contribution in [0.15, 0.2) is 24.3 Å². The van der Waals surface area contributed by atoms with E-state index in [1.54, 1.807) is 38.1 Å². The first-order valence-electron chi connectivity index (χ1n) is 10.2. The van der Waals surface area contributed by atoms with Crippen molar-refractivity contribution in [2.45, 2.75) is 58.9 Å². The Hall–Kier alpha value is -2.89. The van der Waals surface area contributed by atoms with Crippen LogP contribution >= 0.6 is 0 Å². The second-order valence-electron chi connectivity index (χ2n) is 7.92. The summed E-state index contributed by atoms with van der Waals surface area (Å²) in [6.45, 7) is 5.03. The number of aromatic amines is 1. The van der Waals surface area contributed by atoms with Gasteiger partial charge in [0.2, 0.25) is 0 Å². The zero-order valence-corrected chi connectivity index (χ0v) is 17.6. The van der Waals surface area contributed by atoms with Crippen LogP contribution in [-0.2, 0) is 0 Å². The highest BCUT2D eigenvalue weighted by Gasteiger charge is 2.23. The number of Topliss-reactive ketones (excluding diaryl/α,β-unsaturated/α-hetero) is 1. The number of H-pyrrole nitrogens is 1. The summed E-state index contributed by atoms with van der Waals surface area (Å²) in [6, 6.07) is 7.26. The molecule has 0 atom stereocenters. The molecule has 0 bridgehead atoms. The lowest BCUT2D eigenvalue weighted by atomic mass is 9.94. The maximum absolute atomic E-state index is 12.7. The summed E-state index contributed by atoms with van der Waals surface area (Å²) in [5.41, 5.74) is 3.48. The minimum Gasteiger partial charge on any atom is -0.354 e. The van der Waals surface area contributed by atoms with Gasteiger partial charge < -0.3 is 15.2 Å². The molecule has 2 N–H and O–H groups in total. The third kappa shape index (κ3) is 4.42. The number of nitrogens with zero attached hydrogens (tertiary/aromatic N) is 1. The van der Waals surface area contributed by atoms with Gasteiger partial charge in [-0.2, -0.15) is 0 Å². The van der Waals surface area contributed by atoms with E-state index in [2.05, 4.69) is 10.3 Å². The van der Waals surface area contributed by atoms with Gasteiger partial charge in [0.1, 0.15) is 5.69 Å². The number of nitrogens with one attached hydrogen (secondary N) is 2. The lowest BCUT2D eigenvalue weighted by Gasteiger charge is -2.31. The van der Waals surface area contributed by atoms with E-state index < -0.39 is 0 Å². The zero-order chi connectivity index (χ0) is 21.1. The van der Waals surface area contributed by atoms with E-state index in [0.29, 0.717) is 39.8 Å². The number of amides is 2. The SMILES string of the molecule is CC(=O)c1c(C)[nH]c(C(=O)Nc2ccc(C(=O)N(C)C3CCCCC3)cc2)c1C. The van der Waals surface area contributed by atoms with E-state index >= 15 is 0 Å². The zero-order valence-electron chi connectivity index (χ0n) is 17.6. The van der Waals surface area contributed by atoms with Crippen LogP contribution in [0, 0.1) is 13.8 Å². The second kappa shape index (κ2) is 8.64. The summed E-state index contributed by atoms with van der Waals surface area (Å²) in [5.74, 6) is -0.367. The molecule has 2 amide bonds. The molecule has 29 heavy (non-hydrogen) atoms. The van der Waals surface area contributed by atoms with Crippen LogP contribution in [0.1, 0.15) is 81.5 Å². The number of benzene rings is 1. The summed E-state index contributed by atoms with van der Waals surface area (Å²) >= 11 is 0. The average Bonchev–Trinajstić information content (AvgIpc) is 3.02. The molecule has 3 rings (SSSR count). The second-order valence-corrected chi connectivity index (χ2v) is 7.92. The van der Waals surface area contributed by atoms with Crippen LogP contribution in [0.2, 0.25) is 0 Å². The van der Waals surface area contributed by atoms with Crippen LogP contribution in [0.25, 0.3) is 0 Å². The highest BCUT2D eigenvalue weighted by Crippen LogP contribution is 2.24. The summed E-state index contributed by atoms with van der Waals surface area (Å²) < 4.78 is 0. The number of hydrogen-bond donors (Lipinski definition) is 2. The molecule has 0 unspecified atom stereocenters. The van der Waals surface area contributed by atoms with Gasteiger partial charge in [0, 0.05) is 35.6 Å². The minimum atomic E-state index is -0.309. The molecule has 2 aromatic rings. The molecular weight excluding hydrogens is 366 g/mol. The third-order valence-electron chi connectivity index (χ3n) is 5.85. The number of carbonyl (C=O) groups is 3. The van der Waals surface area contributed by atoms with Gasteiger partial charge in [0.05, 0.1) is 0 Å². The molecule has 0 spiro atoms. The normalized spacial score (nSPS) is 14.5. The highest BCUT2D eigenvalue weighted by atomic mass is 16.2. The quantitative estimate of drug-likeness (QED) is 0.732. The molecule has 0 radical (unpaired) electrons. The van der Waals surface area contributed by atoms with Crippen LogP contribution in [0.5, 0.6) is 0 Å². The Balaban J connectivity index is 1.69. The van der Waals surface area contributed by atoms with E-state index in [4.69, 9.17) is 0 Å². The molecule has 1 aromatic heterocycles. The standard InChI is InChI=1S/C23H29N3O3/c1-14-20(16(3)27)15(2)24-21(14)22(28)25-18-12-10-17(11-13-18)23(29)26(4)19-8-6-5-7-9-19/h10-13,19,24H,5-9H2,1-4H3,(H,25,28). The number of aromatic nitrogens is 1. The van der Waals surface area contributed by atoms with E-state index in [0.717, 1.165) is 12.8 Å². The van der Waals surface area contributed by atoms with Crippen molar-refractivity contribution in [1.82, 2.24) is 9.88 Å². The molecule has 1 aromatic carbocycles. The fraction of sp³-hybridized carbons (Fsp3) is 0.435. The van der Waals surface area contributed by atoms with Crippen molar-refractivity contribution in [3.63, 3.8) is 0 Å². The van der Waals surface area contributed by atoms with Crippen molar-refractivity contribution >= 4 is 23.3 Å². The van der Waals surface area contributed by atoms with Gasteiger partial charge in [-0.15, -0.1) is 0 Å². The molecule has 0 saturated heterocycles. The van der Waals surface area contributed by atoms with E-state index in [1.807, 2.05) is 11.9 Å². The molecule has 1 fully saturated rings. The molecule has 1 aliphatic rings. The van der Waals surface area contributed by atoms with Gasteiger partial charge in [0.15, 0.2) is 5.78 Å². The fourth-order valence-electron chi connectivity index (χ4n) is 4.23. The van der Waals surface area contributed by atoms with E-state index in [9.17, 15) is 14.4 Å². The number of ketones is 1. The van der Waals surface area contributed by atoms with E-state index in [-0.39, 0.29) is 17.6 Å². The Morgan fingerprint density at radius 2 is 1.66 bits per heavy atom. The van der Waals surface area contributed by atoms with Gasteiger partial charge in [-0.25, -0.2) is 0 Å². The monoisotopic (exact) mass is 395 g/mol. The van der Waals surface area contributed by atoms with Crippen molar-refractivity contribution in [3.05, 3.63) is 52.3 Å². The van der Waals surface area contributed by atoms with Gasteiger partial charge in [0.25, 0.3) is 11.8 Å². The van der Waals surface area contributed by atoms with Crippen LogP contribution in [0.3, 0.4) is 0 Å². The molecule has 1 aliphatic carbocycles. The summed E-state index contributed by atoms with van der Waals surface area (Å²) in [7, 11) is 1.87. The predicted molar refractivity (Wildman–Crippen MR) is 114 cm³/mol. The molecular formula is C23H29N3O3. The topological polar surface area (TPSA) is 82.3 Å². The highest BCUT2D eigenvalue weighted by molar-refractivity contribution is 6.07. The summed E-state index contributed by atoms with van der Waals surface area (Å²) in [6.07, 6.45) is 5.73. The largest absolute Gasteiger partial charge is 0.354 e. The van der Waals surface area contributed by atoms with Gasteiger partial charge in [-0.1, -0.05) is 19.3 Å². The average molecular weight is 396 g/mol. The first-order valence-corrected chi connectivity index (χ1v) is 10.2. The molecule has 0 aliphatic heterocycles.